The third-order valence-electron chi connectivity index (χ3n) is 2.42. The summed E-state index contributed by atoms with van der Waals surface area (Å²) in [6, 6.07) is 0. The van der Waals surface area contributed by atoms with Crippen molar-refractivity contribution in [1.82, 2.24) is 5.32 Å². The van der Waals surface area contributed by atoms with Crippen LogP contribution in [-0.2, 0) is 14.3 Å². The largest absolute Gasteiger partial charge is 0.466 e. The second-order valence-electron chi connectivity index (χ2n) is 4.17. The molecule has 0 rings (SSSR count). The van der Waals surface area contributed by atoms with Crippen LogP contribution < -0.4 is 5.32 Å². The Morgan fingerprint density at radius 2 is 2.00 bits per heavy atom. The predicted molar refractivity (Wildman–Crippen MR) is 64.3 cm³/mol. The quantitative estimate of drug-likeness (QED) is 0.408. The van der Waals surface area contributed by atoms with Crippen LogP contribution in [0.25, 0.3) is 0 Å². The van der Waals surface area contributed by atoms with E-state index in [1.807, 2.05) is 26.8 Å². The highest BCUT2D eigenvalue weighted by molar-refractivity contribution is 5.88. The second-order valence-corrected chi connectivity index (χ2v) is 4.17. The Hall–Kier alpha value is -0.870. The number of rotatable bonds is 7. The Bertz CT molecular complexity index is 247. The van der Waals surface area contributed by atoms with Crippen LogP contribution >= 0.6 is 0 Å². The van der Waals surface area contributed by atoms with Gasteiger partial charge in [0.15, 0.2) is 0 Å². The number of nitrogens with one attached hydrogen (secondary N) is 1. The van der Waals surface area contributed by atoms with Gasteiger partial charge in [-0.1, -0.05) is 13.0 Å². The van der Waals surface area contributed by atoms with Crippen LogP contribution in [0.15, 0.2) is 11.6 Å². The van der Waals surface area contributed by atoms with E-state index in [0.29, 0.717) is 18.5 Å². The van der Waals surface area contributed by atoms with Crippen LogP contribution in [0.5, 0.6) is 0 Å². The first kappa shape index (κ1) is 15.1. The van der Waals surface area contributed by atoms with Gasteiger partial charge in [-0.05, 0) is 20.3 Å². The van der Waals surface area contributed by atoms with E-state index in [1.165, 1.54) is 7.11 Å². The average Bonchev–Trinajstić information content (AvgIpc) is 2.28. The lowest BCUT2D eigenvalue weighted by molar-refractivity contribution is -0.136. The van der Waals surface area contributed by atoms with E-state index in [9.17, 15) is 4.79 Å². The Morgan fingerprint density at radius 3 is 2.44 bits per heavy atom. The molecule has 4 nitrogen and oxygen atoms in total. The zero-order valence-corrected chi connectivity index (χ0v) is 10.9. The monoisotopic (exact) mass is 229 g/mol. The molecule has 0 aromatic heterocycles. The van der Waals surface area contributed by atoms with Crippen LogP contribution in [0.1, 0.15) is 27.2 Å². The predicted octanol–water partition coefficient (Wildman–Crippen LogP) is 1.51. The first-order valence-corrected chi connectivity index (χ1v) is 5.50. The molecule has 0 aromatic carbocycles. The maximum absolute atomic E-state index is 11.2. The van der Waals surface area contributed by atoms with Crippen molar-refractivity contribution in [3.8, 4) is 0 Å². The third kappa shape index (κ3) is 5.88. The molecule has 94 valence electrons. The van der Waals surface area contributed by atoms with Crippen molar-refractivity contribution >= 4 is 5.97 Å². The van der Waals surface area contributed by atoms with E-state index in [-0.39, 0.29) is 11.6 Å². The fourth-order valence-corrected chi connectivity index (χ4v) is 1.14. The Balaban J connectivity index is 4.03. The highest BCUT2D eigenvalue weighted by Crippen LogP contribution is 2.05. The number of hydrogen-bond acceptors (Lipinski definition) is 4. The van der Waals surface area contributed by atoms with E-state index in [1.54, 1.807) is 7.11 Å². The summed E-state index contributed by atoms with van der Waals surface area (Å²) in [5, 5.41) is 3.21. The van der Waals surface area contributed by atoms with E-state index in [2.05, 4.69) is 10.1 Å². The summed E-state index contributed by atoms with van der Waals surface area (Å²) in [6.07, 6.45) is 2.54. The molecular weight excluding hydrogens is 206 g/mol. The summed E-state index contributed by atoms with van der Waals surface area (Å²) in [5.74, 6) is -0.254. The summed E-state index contributed by atoms with van der Waals surface area (Å²) in [4.78, 5) is 11.2. The SMILES string of the molecule is CCC(=CCNCC(C)(C)OC)C(=O)OC. The normalized spacial score (nSPS) is 12.7. The first-order valence-electron chi connectivity index (χ1n) is 5.50. The van der Waals surface area contributed by atoms with Gasteiger partial charge in [0.25, 0.3) is 0 Å². The molecule has 0 amide bonds. The van der Waals surface area contributed by atoms with Gasteiger partial charge in [0, 0.05) is 25.8 Å². The summed E-state index contributed by atoms with van der Waals surface area (Å²) in [6.45, 7) is 7.32. The summed E-state index contributed by atoms with van der Waals surface area (Å²) >= 11 is 0. The number of carbonyl (C=O) groups is 1. The molecule has 0 aliphatic carbocycles. The number of hydrogen-bond donors (Lipinski definition) is 1. The number of carbonyl (C=O) groups excluding carboxylic acids is 1. The van der Waals surface area contributed by atoms with Crippen LogP contribution in [-0.4, -0.2) is 38.9 Å². The van der Waals surface area contributed by atoms with Crippen molar-refractivity contribution in [3.63, 3.8) is 0 Å². The van der Waals surface area contributed by atoms with Gasteiger partial charge in [-0.3, -0.25) is 0 Å². The minimum atomic E-state index is -0.254. The smallest absolute Gasteiger partial charge is 0.333 e. The van der Waals surface area contributed by atoms with Crippen LogP contribution in [0.4, 0.5) is 0 Å². The van der Waals surface area contributed by atoms with Crippen molar-refractivity contribution < 1.29 is 14.3 Å². The van der Waals surface area contributed by atoms with Gasteiger partial charge in [-0.25, -0.2) is 4.79 Å². The molecule has 0 aliphatic rings. The minimum absolute atomic E-state index is 0.189. The number of esters is 1. The molecule has 0 fully saturated rings. The van der Waals surface area contributed by atoms with Crippen molar-refractivity contribution in [2.24, 2.45) is 0 Å². The maximum Gasteiger partial charge on any atom is 0.333 e. The maximum atomic E-state index is 11.2. The molecule has 4 heteroatoms. The Labute approximate surface area is 98.0 Å². The molecular formula is C12H23NO3. The highest BCUT2D eigenvalue weighted by Gasteiger charge is 2.14. The lowest BCUT2D eigenvalue weighted by atomic mass is 10.1. The number of ether oxygens (including phenoxy) is 2. The topological polar surface area (TPSA) is 47.6 Å². The van der Waals surface area contributed by atoms with Crippen LogP contribution in [0, 0.1) is 0 Å². The zero-order chi connectivity index (χ0) is 12.6. The molecule has 0 unspecified atom stereocenters. The molecule has 16 heavy (non-hydrogen) atoms. The van der Waals surface area contributed by atoms with Crippen molar-refractivity contribution in [1.29, 1.82) is 0 Å². The Morgan fingerprint density at radius 1 is 1.38 bits per heavy atom. The molecule has 0 spiro atoms. The van der Waals surface area contributed by atoms with Gasteiger partial charge in [0.2, 0.25) is 0 Å². The molecule has 0 saturated heterocycles. The molecule has 0 aliphatic heterocycles. The average molecular weight is 229 g/mol. The van der Waals surface area contributed by atoms with Gasteiger partial charge in [-0.2, -0.15) is 0 Å². The van der Waals surface area contributed by atoms with Crippen LogP contribution in [0.2, 0.25) is 0 Å². The minimum Gasteiger partial charge on any atom is -0.466 e. The standard InChI is InChI=1S/C12H23NO3/c1-6-10(11(14)15-4)7-8-13-9-12(2,3)16-5/h7,13H,6,8-9H2,1-5H3. The molecule has 0 saturated carbocycles. The van der Waals surface area contributed by atoms with Crippen LogP contribution in [0.3, 0.4) is 0 Å². The van der Waals surface area contributed by atoms with Gasteiger partial charge in [-0.15, -0.1) is 0 Å². The van der Waals surface area contributed by atoms with Crippen molar-refractivity contribution in [2.45, 2.75) is 32.8 Å². The lowest BCUT2D eigenvalue weighted by Crippen LogP contribution is -2.36. The molecule has 1 N–H and O–H groups in total. The fourth-order valence-electron chi connectivity index (χ4n) is 1.14. The van der Waals surface area contributed by atoms with Gasteiger partial charge in [0.05, 0.1) is 12.7 Å². The van der Waals surface area contributed by atoms with E-state index < -0.39 is 0 Å². The van der Waals surface area contributed by atoms with E-state index >= 15 is 0 Å². The first-order chi connectivity index (χ1) is 7.46. The van der Waals surface area contributed by atoms with Crippen molar-refractivity contribution in [3.05, 3.63) is 11.6 Å². The number of methoxy groups -OCH3 is 2. The molecule has 0 heterocycles. The summed E-state index contributed by atoms with van der Waals surface area (Å²) < 4.78 is 9.93. The molecule has 0 atom stereocenters. The zero-order valence-electron chi connectivity index (χ0n) is 10.9. The summed E-state index contributed by atoms with van der Waals surface area (Å²) in [7, 11) is 3.08. The van der Waals surface area contributed by atoms with E-state index in [0.717, 1.165) is 6.54 Å². The third-order valence-corrected chi connectivity index (χ3v) is 2.42. The van der Waals surface area contributed by atoms with Gasteiger partial charge < -0.3 is 14.8 Å². The Kier molecular flexibility index (Phi) is 7.01. The second kappa shape index (κ2) is 7.41. The lowest BCUT2D eigenvalue weighted by Gasteiger charge is -2.22. The van der Waals surface area contributed by atoms with E-state index in [4.69, 9.17) is 4.74 Å². The molecule has 0 radical (unpaired) electrons. The summed E-state index contributed by atoms with van der Waals surface area (Å²) in [5.41, 5.74) is 0.510. The highest BCUT2D eigenvalue weighted by atomic mass is 16.5. The van der Waals surface area contributed by atoms with Gasteiger partial charge >= 0.3 is 5.97 Å². The van der Waals surface area contributed by atoms with Crippen molar-refractivity contribution in [2.75, 3.05) is 27.3 Å². The fraction of sp³-hybridized carbons (Fsp3) is 0.750. The molecule has 0 aromatic rings. The van der Waals surface area contributed by atoms with Gasteiger partial charge in [0.1, 0.15) is 0 Å². The molecule has 0 bridgehead atoms.